The Bertz CT molecular complexity index is 1070. The van der Waals surface area contributed by atoms with Gasteiger partial charge >= 0.3 is 0 Å². The molecule has 130 valence electrons. The highest BCUT2D eigenvalue weighted by Crippen LogP contribution is 2.29. The molecule has 0 aliphatic rings. The molecule has 0 atom stereocenters. The number of nitrogen functional groups attached to an aromatic ring is 1. The van der Waals surface area contributed by atoms with Crippen molar-refractivity contribution in [2.75, 3.05) is 19.0 Å². The Hall–Kier alpha value is -3.62. The monoisotopic (exact) mass is 351 g/mol. The standard InChI is InChI=1S/C17H14FN7O/c18-3-4-26-16-9-21-7-14(23-16)17-11-5-10(1-2-12(11)24-25-17)13-6-20-8-15(19)22-13/h1-2,5-9H,3-4H2,(H2,19,22)(H,24,25). The molecule has 0 saturated heterocycles. The third-order valence-corrected chi connectivity index (χ3v) is 3.69. The van der Waals surface area contributed by atoms with Crippen LogP contribution in [0.3, 0.4) is 0 Å². The minimum absolute atomic E-state index is 0.0717. The fourth-order valence-electron chi connectivity index (χ4n) is 2.56. The third-order valence-electron chi connectivity index (χ3n) is 3.69. The zero-order valence-electron chi connectivity index (χ0n) is 13.6. The number of ether oxygens (including phenoxy) is 1. The van der Waals surface area contributed by atoms with Gasteiger partial charge in [-0.15, -0.1) is 0 Å². The number of nitrogens with zero attached hydrogens (tertiary/aromatic N) is 5. The molecule has 9 heteroatoms. The van der Waals surface area contributed by atoms with Crippen LogP contribution in [-0.4, -0.2) is 43.4 Å². The number of aromatic nitrogens is 6. The summed E-state index contributed by atoms with van der Waals surface area (Å²) in [5.41, 5.74) is 9.17. The van der Waals surface area contributed by atoms with Gasteiger partial charge in [0.25, 0.3) is 0 Å². The number of anilines is 1. The first-order valence-electron chi connectivity index (χ1n) is 7.82. The summed E-state index contributed by atoms with van der Waals surface area (Å²) in [6, 6.07) is 5.72. The van der Waals surface area contributed by atoms with Crippen LogP contribution in [0.4, 0.5) is 10.2 Å². The second kappa shape index (κ2) is 6.71. The van der Waals surface area contributed by atoms with E-state index in [0.29, 0.717) is 22.9 Å². The van der Waals surface area contributed by atoms with Gasteiger partial charge in [-0.1, -0.05) is 6.07 Å². The molecule has 0 aliphatic carbocycles. The van der Waals surface area contributed by atoms with Gasteiger partial charge in [-0.25, -0.2) is 14.4 Å². The summed E-state index contributed by atoms with van der Waals surface area (Å²) >= 11 is 0. The van der Waals surface area contributed by atoms with Crippen LogP contribution in [0, 0.1) is 0 Å². The van der Waals surface area contributed by atoms with Crippen LogP contribution in [0.1, 0.15) is 0 Å². The van der Waals surface area contributed by atoms with Gasteiger partial charge < -0.3 is 10.5 Å². The number of alkyl halides is 1. The Balaban J connectivity index is 1.78. The van der Waals surface area contributed by atoms with Crippen LogP contribution >= 0.6 is 0 Å². The quantitative estimate of drug-likeness (QED) is 0.567. The van der Waals surface area contributed by atoms with E-state index in [-0.39, 0.29) is 12.5 Å². The second-order valence-electron chi connectivity index (χ2n) is 5.44. The van der Waals surface area contributed by atoms with Crippen molar-refractivity contribution in [3.8, 4) is 28.5 Å². The number of hydrogen-bond donors (Lipinski definition) is 2. The number of rotatable bonds is 5. The zero-order chi connectivity index (χ0) is 17.9. The average Bonchev–Trinajstić information content (AvgIpc) is 3.10. The Morgan fingerprint density at radius 1 is 1.04 bits per heavy atom. The van der Waals surface area contributed by atoms with Gasteiger partial charge in [-0.3, -0.25) is 15.1 Å². The first-order chi connectivity index (χ1) is 12.7. The molecule has 3 heterocycles. The minimum Gasteiger partial charge on any atom is -0.474 e. The predicted molar refractivity (Wildman–Crippen MR) is 94.0 cm³/mol. The van der Waals surface area contributed by atoms with E-state index in [4.69, 9.17) is 10.5 Å². The molecule has 0 fully saturated rings. The van der Waals surface area contributed by atoms with Gasteiger partial charge in [0, 0.05) is 10.9 Å². The van der Waals surface area contributed by atoms with E-state index in [0.717, 1.165) is 16.5 Å². The van der Waals surface area contributed by atoms with Crippen molar-refractivity contribution >= 4 is 16.7 Å². The number of nitrogens with two attached hydrogens (primary N) is 1. The van der Waals surface area contributed by atoms with Gasteiger partial charge in [-0.05, 0) is 12.1 Å². The number of halogens is 1. The maximum Gasteiger partial charge on any atom is 0.233 e. The molecule has 0 aliphatic heterocycles. The third kappa shape index (κ3) is 3.02. The molecule has 1 aromatic carbocycles. The van der Waals surface area contributed by atoms with Crippen LogP contribution in [-0.2, 0) is 0 Å². The number of nitrogens with one attached hydrogen (secondary N) is 1. The van der Waals surface area contributed by atoms with E-state index in [9.17, 15) is 4.39 Å². The molecule has 0 unspecified atom stereocenters. The molecule has 3 aromatic heterocycles. The maximum absolute atomic E-state index is 12.3. The lowest BCUT2D eigenvalue weighted by molar-refractivity contribution is 0.264. The average molecular weight is 351 g/mol. The van der Waals surface area contributed by atoms with Crippen LogP contribution in [0.2, 0.25) is 0 Å². The molecule has 4 aromatic rings. The summed E-state index contributed by atoms with van der Waals surface area (Å²) in [6.45, 7) is -0.667. The van der Waals surface area contributed by atoms with E-state index in [1.54, 1.807) is 12.4 Å². The van der Waals surface area contributed by atoms with Crippen LogP contribution < -0.4 is 10.5 Å². The number of H-pyrrole nitrogens is 1. The molecular formula is C17H14FN7O. The molecule has 4 rings (SSSR count). The number of hydrogen-bond acceptors (Lipinski definition) is 7. The van der Waals surface area contributed by atoms with Gasteiger partial charge in [0.1, 0.15) is 30.5 Å². The summed E-state index contributed by atoms with van der Waals surface area (Å²) in [4.78, 5) is 16.8. The lowest BCUT2D eigenvalue weighted by atomic mass is 10.1. The van der Waals surface area contributed by atoms with Crippen LogP contribution in [0.15, 0.2) is 43.0 Å². The number of benzene rings is 1. The maximum atomic E-state index is 12.3. The number of fused-ring (bicyclic) bond motifs is 1. The highest BCUT2D eigenvalue weighted by Gasteiger charge is 2.13. The predicted octanol–water partition coefficient (Wildman–Crippen LogP) is 2.41. The minimum atomic E-state index is -0.595. The molecule has 0 spiro atoms. The summed E-state index contributed by atoms with van der Waals surface area (Å²) in [6.07, 6.45) is 6.14. The summed E-state index contributed by atoms with van der Waals surface area (Å²) in [5.74, 6) is 0.591. The van der Waals surface area contributed by atoms with Crippen molar-refractivity contribution in [2.24, 2.45) is 0 Å². The highest BCUT2D eigenvalue weighted by atomic mass is 19.1. The van der Waals surface area contributed by atoms with E-state index in [1.807, 2.05) is 18.2 Å². The molecule has 0 radical (unpaired) electrons. The Labute approximate surface area is 147 Å². The fourth-order valence-corrected chi connectivity index (χ4v) is 2.56. The van der Waals surface area contributed by atoms with Crippen molar-refractivity contribution in [1.29, 1.82) is 0 Å². The Morgan fingerprint density at radius 3 is 2.73 bits per heavy atom. The molecule has 26 heavy (non-hydrogen) atoms. The second-order valence-corrected chi connectivity index (χ2v) is 5.44. The van der Waals surface area contributed by atoms with Crippen molar-refractivity contribution in [2.45, 2.75) is 0 Å². The van der Waals surface area contributed by atoms with Crippen molar-refractivity contribution in [1.82, 2.24) is 30.1 Å². The highest BCUT2D eigenvalue weighted by molar-refractivity contribution is 5.94. The largest absolute Gasteiger partial charge is 0.474 e. The molecule has 0 amide bonds. The lowest BCUT2D eigenvalue weighted by Crippen LogP contribution is -2.01. The Kier molecular flexibility index (Phi) is 4.10. The number of aromatic amines is 1. The summed E-state index contributed by atoms with van der Waals surface area (Å²) in [7, 11) is 0. The SMILES string of the molecule is Nc1cncc(-c2ccc3[nH]nc(-c4cncc(OCCF)n4)c3c2)n1. The zero-order valence-corrected chi connectivity index (χ0v) is 13.6. The first-order valence-corrected chi connectivity index (χ1v) is 7.82. The smallest absolute Gasteiger partial charge is 0.233 e. The first kappa shape index (κ1) is 15.9. The van der Waals surface area contributed by atoms with Crippen LogP contribution in [0.5, 0.6) is 5.88 Å². The normalized spacial score (nSPS) is 11.0. The molecular weight excluding hydrogens is 337 g/mol. The Morgan fingerprint density at radius 2 is 1.88 bits per heavy atom. The van der Waals surface area contributed by atoms with Crippen molar-refractivity contribution in [3.63, 3.8) is 0 Å². The fraction of sp³-hybridized carbons (Fsp3) is 0.118. The van der Waals surface area contributed by atoms with E-state index < -0.39 is 6.67 Å². The summed E-state index contributed by atoms with van der Waals surface area (Å²) in [5, 5.41) is 8.12. The molecule has 0 saturated carbocycles. The lowest BCUT2D eigenvalue weighted by Gasteiger charge is -2.04. The topological polar surface area (TPSA) is 115 Å². The summed E-state index contributed by atoms with van der Waals surface area (Å²) < 4.78 is 17.5. The van der Waals surface area contributed by atoms with Gasteiger partial charge in [0.05, 0.1) is 36.0 Å². The van der Waals surface area contributed by atoms with E-state index in [2.05, 4.69) is 30.1 Å². The van der Waals surface area contributed by atoms with Gasteiger partial charge in [0.15, 0.2) is 0 Å². The molecule has 8 nitrogen and oxygen atoms in total. The van der Waals surface area contributed by atoms with Gasteiger partial charge in [-0.2, -0.15) is 5.10 Å². The molecule has 3 N–H and O–H groups in total. The van der Waals surface area contributed by atoms with Gasteiger partial charge in [0.2, 0.25) is 5.88 Å². The van der Waals surface area contributed by atoms with Crippen molar-refractivity contribution < 1.29 is 9.13 Å². The molecule has 0 bridgehead atoms. The van der Waals surface area contributed by atoms with E-state index in [1.165, 1.54) is 12.4 Å². The van der Waals surface area contributed by atoms with E-state index >= 15 is 0 Å². The van der Waals surface area contributed by atoms with Crippen molar-refractivity contribution in [3.05, 3.63) is 43.0 Å². The van der Waals surface area contributed by atoms with Crippen LogP contribution in [0.25, 0.3) is 33.5 Å².